The quantitative estimate of drug-likeness (QED) is 0.0759. The van der Waals surface area contributed by atoms with Crippen LogP contribution in [0.15, 0.2) is 60.7 Å². The molecule has 2 N–H and O–H groups in total. The van der Waals surface area contributed by atoms with E-state index in [1.807, 2.05) is 6.07 Å². The van der Waals surface area contributed by atoms with E-state index >= 15 is 0 Å². The largest absolute Gasteiger partial charge is 0.487 e. The maximum atomic E-state index is 12.8. The highest BCUT2D eigenvalue weighted by molar-refractivity contribution is 6.33. The molecule has 1 saturated carbocycles. The molecule has 1 aliphatic carbocycles. The summed E-state index contributed by atoms with van der Waals surface area (Å²) >= 11 is 0. The molecule has 0 bridgehead atoms. The molecule has 0 aliphatic heterocycles. The minimum atomic E-state index is -1.06. The average Bonchev–Trinajstić information content (AvgIpc) is 3.07. The Kier molecular flexibility index (Phi) is 12.9. The summed E-state index contributed by atoms with van der Waals surface area (Å²) in [5.74, 6) is -0.723. The molecule has 1 fully saturated rings. The lowest BCUT2D eigenvalue weighted by molar-refractivity contribution is -0.146. The monoisotopic (exact) mass is 658 g/mol. The lowest BCUT2D eigenvalue weighted by atomic mass is 9.76. The minimum Gasteiger partial charge on any atom is -0.487 e. The van der Waals surface area contributed by atoms with Crippen LogP contribution in [0.25, 0.3) is 22.3 Å². The highest BCUT2D eigenvalue weighted by Crippen LogP contribution is 2.46. The molecule has 9 heteroatoms. The van der Waals surface area contributed by atoms with Crippen molar-refractivity contribution in [1.29, 1.82) is 0 Å². The van der Waals surface area contributed by atoms with Gasteiger partial charge in [-0.2, -0.15) is 0 Å². The van der Waals surface area contributed by atoms with Gasteiger partial charge in [0.1, 0.15) is 13.2 Å². The Balaban J connectivity index is 1.84. The summed E-state index contributed by atoms with van der Waals surface area (Å²) in [7, 11) is 0. The zero-order valence-corrected chi connectivity index (χ0v) is 28.3. The number of ketones is 1. The van der Waals surface area contributed by atoms with Crippen molar-refractivity contribution in [2.24, 2.45) is 5.92 Å². The van der Waals surface area contributed by atoms with Gasteiger partial charge in [-0.05, 0) is 103 Å². The van der Waals surface area contributed by atoms with Gasteiger partial charge in [0.05, 0.1) is 13.2 Å². The van der Waals surface area contributed by atoms with Crippen LogP contribution in [0.2, 0.25) is 0 Å². The van der Waals surface area contributed by atoms with Gasteiger partial charge in [-0.1, -0.05) is 50.6 Å². The summed E-state index contributed by atoms with van der Waals surface area (Å²) in [6, 6.07) is 14.9. The zero-order chi connectivity index (χ0) is 34.8. The molecule has 48 heavy (non-hydrogen) atoms. The molecule has 0 amide bonds. The van der Waals surface area contributed by atoms with Crippen LogP contribution in [0.3, 0.4) is 0 Å². The number of rotatable bonds is 15. The third kappa shape index (κ3) is 9.11. The van der Waals surface area contributed by atoms with E-state index in [1.165, 1.54) is 50.2 Å². The molecule has 0 saturated heterocycles. The van der Waals surface area contributed by atoms with Crippen molar-refractivity contribution in [1.82, 2.24) is 0 Å². The number of aryl methyl sites for hydroxylation is 1. The number of esters is 2. The summed E-state index contributed by atoms with van der Waals surface area (Å²) in [4.78, 5) is 36.5. The van der Waals surface area contributed by atoms with Gasteiger partial charge in [0.25, 0.3) is 0 Å². The van der Waals surface area contributed by atoms with Crippen molar-refractivity contribution in [3.05, 3.63) is 71.8 Å². The molecule has 0 atom stereocenters. The topological polar surface area (TPSA) is 129 Å². The fourth-order valence-electron chi connectivity index (χ4n) is 6.19. The van der Waals surface area contributed by atoms with Crippen molar-refractivity contribution >= 4 is 17.7 Å². The lowest BCUT2D eigenvalue weighted by Crippen LogP contribution is -2.17. The Labute approximate surface area is 282 Å². The number of ether oxygens (including phenoxy) is 4. The van der Waals surface area contributed by atoms with Crippen molar-refractivity contribution in [2.75, 3.05) is 26.4 Å². The van der Waals surface area contributed by atoms with E-state index in [-0.39, 0.29) is 55.0 Å². The van der Waals surface area contributed by atoms with Crippen molar-refractivity contribution < 1.29 is 43.5 Å². The van der Waals surface area contributed by atoms with Crippen molar-refractivity contribution in [3.63, 3.8) is 0 Å². The van der Waals surface area contributed by atoms with Gasteiger partial charge in [-0.3, -0.25) is 4.79 Å². The van der Waals surface area contributed by atoms with E-state index in [0.29, 0.717) is 17.0 Å². The van der Waals surface area contributed by atoms with Gasteiger partial charge >= 0.3 is 11.9 Å². The third-order valence-electron chi connectivity index (χ3n) is 8.61. The zero-order valence-electron chi connectivity index (χ0n) is 28.3. The maximum absolute atomic E-state index is 12.8. The number of hydrogen-bond acceptors (Lipinski definition) is 9. The number of Topliss-reactive ketones (excluding diaryl/α,β-unsaturated/α-hetero) is 1. The second-order valence-corrected chi connectivity index (χ2v) is 12.4. The summed E-state index contributed by atoms with van der Waals surface area (Å²) in [5, 5.41) is 19.1. The summed E-state index contributed by atoms with van der Waals surface area (Å²) in [6.07, 6.45) is 7.41. The molecule has 4 rings (SSSR count). The van der Waals surface area contributed by atoms with E-state index < -0.39 is 17.7 Å². The molecule has 0 unspecified atom stereocenters. The van der Waals surface area contributed by atoms with Crippen LogP contribution in [0, 0.1) is 12.8 Å². The molecule has 9 nitrogen and oxygen atoms in total. The fraction of sp³-hybridized carbons (Fsp3) is 0.410. The van der Waals surface area contributed by atoms with E-state index in [9.17, 15) is 24.6 Å². The molecular weight excluding hydrogens is 612 g/mol. The standard InChI is InChI=1S/C39H46O9/c1-6-7-27-8-10-28(11-9-27)29-12-14-32(25(4)20-29)31-21-33(37(46-19-17-41)36(23-31)48-38(43)24(2)3)30-13-15-34(47-39(44)26(5)42)35(22-30)45-18-16-40/h12-15,20-23,27-28,40-41H,2,6-11,16-19H2,1,3-5H3. The number of aliphatic hydroxyl groups excluding tert-OH is 2. The van der Waals surface area contributed by atoms with Gasteiger partial charge in [0, 0.05) is 18.1 Å². The number of hydrogen-bond donors (Lipinski definition) is 2. The van der Waals surface area contributed by atoms with Gasteiger partial charge in [-0.25, -0.2) is 9.59 Å². The first-order chi connectivity index (χ1) is 23.1. The lowest BCUT2D eigenvalue weighted by Gasteiger charge is -2.29. The smallest absolute Gasteiger partial charge is 0.379 e. The fourth-order valence-corrected chi connectivity index (χ4v) is 6.19. The Bertz CT molecular complexity index is 1630. The Morgan fingerprint density at radius 3 is 2.06 bits per heavy atom. The first-order valence-corrected chi connectivity index (χ1v) is 16.6. The molecular formula is C39H46O9. The van der Waals surface area contributed by atoms with E-state index in [0.717, 1.165) is 29.5 Å². The van der Waals surface area contributed by atoms with Crippen molar-refractivity contribution in [3.8, 4) is 45.3 Å². The molecule has 256 valence electrons. The van der Waals surface area contributed by atoms with Crippen LogP contribution >= 0.6 is 0 Å². The second kappa shape index (κ2) is 17.1. The van der Waals surface area contributed by atoms with Crippen LogP contribution in [0.4, 0.5) is 0 Å². The third-order valence-corrected chi connectivity index (χ3v) is 8.61. The number of carbonyl (C=O) groups excluding carboxylic acids is 3. The Hall–Kier alpha value is -4.47. The van der Waals surface area contributed by atoms with Gasteiger partial charge in [0.2, 0.25) is 5.78 Å². The number of aliphatic hydroxyl groups is 2. The van der Waals surface area contributed by atoms with Gasteiger partial charge in [-0.15, -0.1) is 0 Å². The minimum absolute atomic E-state index is 0.00882. The van der Waals surface area contributed by atoms with Crippen LogP contribution in [0.5, 0.6) is 23.0 Å². The first kappa shape index (κ1) is 36.4. The van der Waals surface area contributed by atoms with Crippen molar-refractivity contribution in [2.45, 2.75) is 72.1 Å². The molecule has 0 radical (unpaired) electrons. The summed E-state index contributed by atoms with van der Waals surface area (Å²) < 4.78 is 22.7. The van der Waals surface area contributed by atoms with Crippen LogP contribution in [0.1, 0.15) is 76.3 Å². The normalized spacial score (nSPS) is 15.8. The first-order valence-electron chi connectivity index (χ1n) is 16.6. The van der Waals surface area contributed by atoms with Crippen LogP contribution in [-0.4, -0.2) is 54.4 Å². The SMILES string of the molecule is C=C(C)C(=O)Oc1cc(-c2ccc(C3CCC(CCC)CC3)cc2C)cc(-c2ccc(OC(=O)C(C)=O)c(OCCO)c2)c1OCCO. The summed E-state index contributed by atoms with van der Waals surface area (Å²) in [6.45, 7) is 9.90. The number of benzene rings is 3. The predicted octanol–water partition coefficient (Wildman–Crippen LogP) is 7.12. The number of carbonyl (C=O) groups is 3. The highest BCUT2D eigenvalue weighted by atomic mass is 16.6. The summed E-state index contributed by atoms with van der Waals surface area (Å²) in [5.41, 5.74) is 5.31. The van der Waals surface area contributed by atoms with E-state index in [4.69, 9.17) is 18.9 Å². The van der Waals surface area contributed by atoms with Crippen LogP contribution in [-0.2, 0) is 14.4 Å². The molecule has 3 aromatic carbocycles. The Morgan fingerprint density at radius 2 is 1.44 bits per heavy atom. The molecule has 0 spiro atoms. The second-order valence-electron chi connectivity index (χ2n) is 12.4. The Morgan fingerprint density at radius 1 is 0.771 bits per heavy atom. The molecule has 3 aromatic rings. The van der Waals surface area contributed by atoms with E-state index in [1.54, 1.807) is 25.1 Å². The van der Waals surface area contributed by atoms with Gasteiger partial charge in [0.15, 0.2) is 23.0 Å². The van der Waals surface area contributed by atoms with E-state index in [2.05, 4.69) is 38.6 Å². The van der Waals surface area contributed by atoms with Crippen LogP contribution < -0.4 is 18.9 Å². The maximum Gasteiger partial charge on any atom is 0.379 e. The average molecular weight is 659 g/mol. The molecule has 0 aromatic heterocycles. The molecule has 0 heterocycles. The highest BCUT2D eigenvalue weighted by Gasteiger charge is 2.24. The predicted molar refractivity (Wildman–Crippen MR) is 184 cm³/mol. The van der Waals surface area contributed by atoms with Gasteiger partial charge < -0.3 is 29.2 Å². The molecule has 1 aliphatic rings.